The van der Waals surface area contributed by atoms with Crippen molar-refractivity contribution >= 4 is 11.8 Å². The van der Waals surface area contributed by atoms with Crippen LogP contribution in [0.15, 0.2) is 47.1 Å². The van der Waals surface area contributed by atoms with Crippen LogP contribution in [0.3, 0.4) is 0 Å². The van der Waals surface area contributed by atoms with Crippen molar-refractivity contribution in [2.75, 3.05) is 13.2 Å². The molecular weight excluding hydrogens is 339 g/mol. The summed E-state index contributed by atoms with van der Waals surface area (Å²) in [7, 11) is 0. The van der Waals surface area contributed by atoms with E-state index in [-0.39, 0.29) is 43.6 Å². The molecule has 0 radical (unpaired) electrons. The average Bonchev–Trinajstić information content (AvgIpc) is 3.15. The van der Waals surface area contributed by atoms with Crippen molar-refractivity contribution in [1.29, 1.82) is 0 Å². The van der Waals surface area contributed by atoms with E-state index < -0.39 is 11.7 Å². The van der Waals surface area contributed by atoms with Gasteiger partial charge in [-0.1, -0.05) is 19.1 Å². The highest BCUT2D eigenvalue weighted by Crippen LogP contribution is 2.13. The third-order valence-electron chi connectivity index (χ3n) is 4.09. The monoisotopic (exact) mass is 362 g/mol. The van der Waals surface area contributed by atoms with Gasteiger partial charge in [-0.05, 0) is 30.7 Å². The summed E-state index contributed by atoms with van der Waals surface area (Å²) >= 11 is 0. The molecule has 0 saturated heterocycles. The molecule has 0 aliphatic rings. The van der Waals surface area contributed by atoms with Crippen LogP contribution in [0, 0.1) is 5.82 Å². The molecule has 2 amide bonds. The molecule has 1 atom stereocenters. The number of carbonyl (C=O) groups excluding carboxylic acids is 2. The predicted octanol–water partition coefficient (Wildman–Crippen LogP) is 2.34. The number of furan rings is 1. The number of rotatable bonds is 9. The van der Waals surface area contributed by atoms with Crippen molar-refractivity contribution in [3.63, 3.8) is 0 Å². The quantitative estimate of drug-likeness (QED) is 0.717. The minimum Gasteiger partial charge on any atom is -0.467 e. The van der Waals surface area contributed by atoms with E-state index in [2.05, 4.69) is 5.32 Å². The van der Waals surface area contributed by atoms with Crippen LogP contribution in [0.5, 0.6) is 0 Å². The first kappa shape index (κ1) is 19.7. The molecule has 6 nitrogen and oxygen atoms in total. The third-order valence-corrected chi connectivity index (χ3v) is 4.09. The van der Waals surface area contributed by atoms with Crippen LogP contribution in [0.4, 0.5) is 4.39 Å². The largest absolute Gasteiger partial charge is 0.467 e. The Hall–Kier alpha value is -2.67. The number of carbonyl (C=O) groups is 2. The number of benzene rings is 1. The second-order valence-corrected chi connectivity index (χ2v) is 5.83. The van der Waals surface area contributed by atoms with Crippen molar-refractivity contribution in [2.45, 2.75) is 32.4 Å². The van der Waals surface area contributed by atoms with Crippen LogP contribution in [-0.2, 0) is 11.3 Å². The van der Waals surface area contributed by atoms with Gasteiger partial charge < -0.3 is 19.7 Å². The average molecular weight is 362 g/mol. The van der Waals surface area contributed by atoms with Crippen molar-refractivity contribution in [3.05, 3.63) is 59.8 Å². The van der Waals surface area contributed by atoms with Gasteiger partial charge in [0.15, 0.2) is 0 Å². The van der Waals surface area contributed by atoms with E-state index in [0.29, 0.717) is 12.2 Å². The zero-order chi connectivity index (χ0) is 18.9. The Morgan fingerprint density at radius 3 is 2.65 bits per heavy atom. The lowest BCUT2D eigenvalue weighted by molar-refractivity contribution is -0.135. The summed E-state index contributed by atoms with van der Waals surface area (Å²) in [6.45, 7) is 2.03. The molecule has 140 valence electrons. The molecule has 2 aromatic rings. The Morgan fingerprint density at radius 1 is 1.27 bits per heavy atom. The topological polar surface area (TPSA) is 82.8 Å². The van der Waals surface area contributed by atoms with E-state index in [4.69, 9.17) is 4.42 Å². The van der Waals surface area contributed by atoms with Crippen molar-refractivity contribution < 1.29 is 23.5 Å². The van der Waals surface area contributed by atoms with Crippen molar-refractivity contribution in [3.8, 4) is 0 Å². The van der Waals surface area contributed by atoms with E-state index in [1.165, 1.54) is 29.4 Å². The zero-order valence-corrected chi connectivity index (χ0v) is 14.7. The van der Waals surface area contributed by atoms with E-state index in [1.807, 2.05) is 6.92 Å². The first-order valence-electron chi connectivity index (χ1n) is 8.52. The van der Waals surface area contributed by atoms with Crippen LogP contribution in [0.2, 0.25) is 0 Å². The number of hydrogen-bond donors (Lipinski definition) is 2. The first-order valence-corrected chi connectivity index (χ1v) is 8.52. The van der Waals surface area contributed by atoms with E-state index in [9.17, 15) is 19.1 Å². The highest BCUT2D eigenvalue weighted by Gasteiger charge is 2.23. The van der Waals surface area contributed by atoms with Crippen molar-refractivity contribution in [1.82, 2.24) is 10.2 Å². The summed E-state index contributed by atoms with van der Waals surface area (Å²) in [6, 6.07) is 8.81. The van der Waals surface area contributed by atoms with Gasteiger partial charge in [-0.15, -0.1) is 0 Å². The second kappa shape index (κ2) is 9.72. The third kappa shape index (κ3) is 5.16. The van der Waals surface area contributed by atoms with Crippen LogP contribution >= 0.6 is 0 Å². The normalized spacial score (nSPS) is 11.8. The molecule has 7 heteroatoms. The molecule has 0 fully saturated rings. The first-order chi connectivity index (χ1) is 12.6. The highest BCUT2D eigenvalue weighted by atomic mass is 19.1. The fourth-order valence-electron chi connectivity index (χ4n) is 2.61. The molecule has 2 N–H and O–H groups in total. The summed E-state index contributed by atoms with van der Waals surface area (Å²) in [5.74, 6) is -0.790. The molecule has 26 heavy (non-hydrogen) atoms. The van der Waals surface area contributed by atoms with Gasteiger partial charge in [-0.25, -0.2) is 4.39 Å². The summed E-state index contributed by atoms with van der Waals surface area (Å²) < 4.78 is 18.9. The van der Waals surface area contributed by atoms with E-state index in [1.54, 1.807) is 18.2 Å². The highest BCUT2D eigenvalue weighted by molar-refractivity contribution is 5.94. The number of halogens is 1. The van der Waals surface area contributed by atoms with Gasteiger partial charge in [0.05, 0.1) is 31.0 Å². The van der Waals surface area contributed by atoms with Gasteiger partial charge in [0, 0.05) is 13.0 Å². The van der Waals surface area contributed by atoms with E-state index >= 15 is 0 Å². The number of aliphatic hydroxyl groups excluding tert-OH is 1. The maximum Gasteiger partial charge on any atom is 0.254 e. The smallest absolute Gasteiger partial charge is 0.254 e. The van der Waals surface area contributed by atoms with Gasteiger partial charge in [-0.3, -0.25) is 9.59 Å². The Balaban J connectivity index is 1.94. The Morgan fingerprint density at radius 2 is 2.04 bits per heavy atom. The van der Waals surface area contributed by atoms with Crippen LogP contribution in [-0.4, -0.2) is 41.0 Å². The summed E-state index contributed by atoms with van der Waals surface area (Å²) in [5, 5.41) is 12.1. The van der Waals surface area contributed by atoms with Gasteiger partial charge in [0.1, 0.15) is 11.6 Å². The fraction of sp³-hybridized carbons (Fsp3) is 0.368. The molecule has 1 aromatic carbocycles. The SMILES string of the molecule is CCC(CO)N(Cc1ccco1)C(=O)CCNC(=O)c1ccccc1F. The Kier molecular flexibility index (Phi) is 7.35. The summed E-state index contributed by atoms with van der Waals surface area (Å²) in [4.78, 5) is 26.1. The van der Waals surface area contributed by atoms with Gasteiger partial charge in [0.2, 0.25) is 5.91 Å². The fourth-order valence-corrected chi connectivity index (χ4v) is 2.61. The molecule has 1 heterocycles. The molecule has 2 rings (SSSR count). The standard InChI is InChI=1S/C19H23FN2O4/c1-2-14(13-23)22(12-15-6-5-11-26-15)18(24)9-10-21-19(25)16-7-3-4-8-17(16)20/h3-8,11,14,23H,2,9-10,12-13H2,1H3,(H,21,25). The molecule has 0 spiro atoms. The molecule has 0 saturated carbocycles. The van der Waals surface area contributed by atoms with Crippen molar-refractivity contribution in [2.24, 2.45) is 0 Å². The van der Waals surface area contributed by atoms with Crippen LogP contribution in [0.1, 0.15) is 35.9 Å². The maximum atomic E-state index is 13.6. The summed E-state index contributed by atoms with van der Waals surface area (Å²) in [5.41, 5.74) is -0.0609. The Labute approximate surface area is 151 Å². The van der Waals surface area contributed by atoms with Gasteiger partial charge in [0.25, 0.3) is 5.91 Å². The number of nitrogens with one attached hydrogen (secondary N) is 1. The maximum absolute atomic E-state index is 13.6. The number of amides is 2. The number of hydrogen-bond acceptors (Lipinski definition) is 4. The van der Waals surface area contributed by atoms with E-state index in [0.717, 1.165) is 0 Å². The number of aliphatic hydroxyl groups is 1. The molecule has 0 aliphatic carbocycles. The lowest BCUT2D eigenvalue weighted by Gasteiger charge is -2.29. The van der Waals surface area contributed by atoms with Crippen LogP contribution in [0.25, 0.3) is 0 Å². The Bertz CT molecular complexity index is 714. The molecule has 1 unspecified atom stereocenters. The second-order valence-electron chi connectivity index (χ2n) is 5.83. The predicted molar refractivity (Wildman–Crippen MR) is 93.8 cm³/mol. The van der Waals surface area contributed by atoms with Gasteiger partial charge in [-0.2, -0.15) is 0 Å². The lowest BCUT2D eigenvalue weighted by Crippen LogP contribution is -2.42. The number of nitrogens with zero attached hydrogens (tertiary/aromatic N) is 1. The molecule has 0 aliphatic heterocycles. The molecule has 0 bridgehead atoms. The van der Waals surface area contributed by atoms with Crippen LogP contribution < -0.4 is 5.32 Å². The summed E-state index contributed by atoms with van der Waals surface area (Å²) in [6.07, 6.45) is 2.15. The molecule has 1 aromatic heterocycles. The lowest BCUT2D eigenvalue weighted by atomic mass is 10.1. The van der Waals surface area contributed by atoms with Gasteiger partial charge >= 0.3 is 0 Å². The zero-order valence-electron chi connectivity index (χ0n) is 14.7. The minimum atomic E-state index is -0.609. The molecular formula is C19H23FN2O4. The minimum absolute atomic E-state index is 0.0391.